The van der Waals surface area contributed by atoms with Gasteiger partial charge in [0, 0.05) is 154 Å². The van der Waals surface area contributed by atoms with Crippen molar-refractivity contribution in [1.82, 2.24) is 22.8 Å². The molecule has 7 unspecified atom stereocenters. The van der Waals surface area contributed by atoms with Gasteiger partial charge in [0.15, 0.2) is 0 Å². The van der Waals surface area contributed by atoms with Gasteiger partial charge in [-0.15, -0.1) is 11.3 Å². The van der Waals surface area contributed by atoms with E-state index in [1.807, 2.05) is 11.3 Å². The van der Waals surface area contributed by atoms with Crippen molar-refractivity contribution in [2.45, 2.75) is 297 Å². The SMILES string of the molecule is Cc1cccc2c1N1C(C)c3c(n(C)c4sccc34)C1(C)C(C)(C)C2(C)C.Cc1cccc2c1N1C(C)c3c(oc4c3ccn4C)C1(C)C(C)(C)C2(C)C.Cc1ccccc1N1C(C)c2c(oc3c2ccn3C)C12C1CC3CC(C1)CC2C3.Cc1ccccc1N1C(C)c2c(oc3c2ccn3C)C12CCCC2.Cc1ccccc1N1C(C)c2c(oc3c2ccn3C)C12CCCCC2. The quantitative estimate of drug-likeness (QED) is 0.171. The number of furan rings is 4. The highest BCUT2D eigenvalue weighted by Gasteiger charge is 2.70. The number of hydrogen-bond acceptors (Lipinski definition) is 10. The van der Waals surface area contributed by atoms with Crippen molar-refractivity contribution in [1.29, 1.82) is 0 Å². The summed E-state index contributed by atoms with van der Waals surface area (Å²) in [5.74, 6) is 8.30. The summed E-state index contributed by atoms with van der Waals surface area (Å²) in [6.07, 6.45) is 26.8. The summed E-state index contributed by atoms with van der Waals surface area (Å²) in [4.78, 5) is 15.0. The Labute approximate surface area is 786 Å². The second kappa shape index (κ2) is 29.1. The molecule has 15 aromatic rings. The molecule has 7 atom stereocenters. The van der Waals surface area contributed by atoms with E-state index in [1.165, 1.54) is 240 Å². The number of rotatable bonds is 3. The molecule has 6 fully saturated rings. The molecule has 14 nitrogen and oxygen atoms in total. The largest absolute Gasteiger partial charge is 0.442 e. The molecule has 13 aliphatic rings. The zero-order valence-corrected chi connectivity index (χ0v) is 84.1. The monoisotopic (exact) mass is 1780 g/mol. The van der Waals surface area contributed by atoms with E-state index in [2.05, 4.69) is 391 Å². The van der Waals surface area contributed by atoms with Crippen molar-refractivity contribution < 1.29 is 17.7 Å². The van der Waals surface area contributed by atoms with E-state index >= 15 is 0 Å². The standard InChI is InChI=1S/C26H30N2O.C24H30N2O.C24H30N2S.C22H26N2O.C21H24N2O/c1-15-6-4-5-7-22(15)28-16(2)23-21-8-9-27(3)25(21)29-24(23)26(28)19-11-17-10-18(13-19)14-20(26)12-17;1-14-10-9-11-17-19(14)26-15(2)18-16-12-13-25(8)21(16)27-20(18)24(26,7)23(5,6)22(17,3)4;1-14-10-9-11-17-19(14)26-15(2)18-16-12-13-27-21(16)25(8)20(18)24(26,7)23(5,6)22(17,3)4;1-15-9-5-6-10-18(15)24-16(2)19-17-11-14-23(3)21(17)25-20(19)22(24)12-7-4-8-13-22;1-14-8-4-5-9-17(14)23-15(2)18-16-10-13-22(3)20(16)24-19(18)21(23)11-6-7-12-21/h4-9,16-20H,10-14H2,1-3H3;2*9-13,15H,1-8H3;5-6,9-11,14,16H,4,7-8,12-13H2,1-3H3;4-5,8-10,13,15H,6-7,11-12H2,1-3H3. The third-order valence-corrected chi connectivity index (χ3v) is 39.7. The van der Waals surface area contributed by atoms with Gasteiger partial charge in [-0.2, -0.15) is 0 Å². The van der Waals surface area contributed by atoms with Crippen LogP contribution in [0.1, 0.15) is 319 Å². The van der Waals surface area contributed by atoms with E-state index in [-0.39, 0.29) is 55.4 Å². The van der Waals surface area contributed by atoms with Crippen LogP contribution in [-0.2, 0) is 73.8 Å². The maximum absolute atomic E-state index is 6.84. The van der Waals surface area contributed by atoms with Crippen LogP contribution in [0.5, 0.6) is 0 Å². The second-order valence-corrected chi connectivity index (χ2v) is 46.5. The van der Waals surface area contributed by atoms with Crippen molar-refractivity contribution in [3.05, 3.63) is 265 Å². The Kier molecular flexibility index (Phi) is 18.9. The topological polar surface area (TPSA) is 93.4 Å². The Morgan fingerprint density at radius 2 is 0.667 bits per heavy atom. The molecule has 0 amide bonds. The van der Waals surface area contributed by atoms with Gasteiger partial charge in [-0.05, 0) is 268 Å². The molecule has 688 valence electrons. The third kappa shape index (κ3) is 10.8. The lowest BCUT2D eigenvalue weighted by atomic mass is 9.48. The van der Waals surface area contributed by atoms with Gasteiger partial charge in [0.25, 0.3) is 0 Å². The Hall–Kier alpha value is -10.4. The lowest BCUT2D eigenvalue weighted by Gasteiger charge is -2.63. The van der Waals surface area contributed by atoms with Crippen molar-refractivity contribution in [2.75, 3.05) is 24.5 Å². The lowest BCUT2D eigenvalue weighted by molar-refractivity contribution is -0.0680. The van der Waals surface area contributed by atoms with Crippen LogP contribution in [-0.4, -0.2) is 22.8 Å². The van der Waals surface area contributed by atoms with Gasteiger partial charge in [-0.1, -0.05) is 178 Å². The van der Waals surface area contributed by atoms with Gasteiger partial charge in [-0.25, -0.2) is 0 Å². The van der Waals surface area contributed by atoms with Crippen LogP contribution in [0.3, 0.4) is 0 Å². The van der Waals surface area contributed by atoms with Crippen LogP contribution in [0.25, 0.3) is 54.6 Å². The molecule has 6 aliphatic carbocycles. The number of fused-ring (bicyclic) bond motifs is 25. The van der Waals surface area contributed by atoms with E-state index in [9.17, 15) is 0 Å². The molecule has 3 spiro atoms. The maximum Gasteiger partial charge on any atom is 0.207 e. The fourth-order valence-electron chi connectivity index (χ4n) is 31.1. The average Bonchev–Trinajstić information content (AvgIpc) is 1.48. The second-order valence-electron chi connectivity index (χ2n) is 45.6. The molecule has 28 rings (SSSR count). The summed E-state index contributed by atoms with van der Waals surface area (Å²) in [6, 6.07) is 53.3. The third-order valence-electron chi connectivity index (χ3n) is 38.7. The normalized spacial score (nSPS) is 27.6. The smallest absolute Gasteiger partial charge is 0.207 e. The zero-order chi connectivity index (χ0) is 92.2. The minimum atomic E-state index is -0.205. The van der Waals surface area contributed by atoms with Crippen molar-refractivity contribution >= 4 is 94.4 Å². The molecule has 0 radical (unpaired) electrons. The van der Waals surface area contributed by atoms with Crippen molar-refractivity contribution in [2.24, 2.45) is 69.7 Å². The first-order valence-corrected chi connectivity index (χ1v) is 51.1. The van der Waals surface area contributed by atoms with E-state index in [0.717, 1.165) is 52.3 Å². The minimum absolute atomic E-state index is 0.0138. The number of hydrogen-bond donors (Lipinski definition) is 0. The molecule has 0 saturated heterocycles. The number of thiophene rings is 1. The van der Waals surface area contributed by atoms with Gasteiger partial charge in [0.2, 0.25) is 22.9 Å². The number of nitrogens with zero attached hydrogens (tertiary/aromatic N) is 10. The highest BCUT2D eigenvalue weighted by atomic mass is 32.1. The van der Waals surface area contributed by atoms with Crippen LogP contribution in [0, 0.1) is 69.1 Å². The number of para-hydroxylation sites is 5. The zero-order valence-electron chi connectivity index (χ0n) is 83.3. The molecular formula is C117H140N10O4S. The molecule has 132 heavy (non-hydrogen) atoms. The molecule has 15 heteroatoms. The van der Waals surface area contributed by atoms with Crippen LogP contribution < -0.4 is 24.5 Å². The first kappa shape index (κ1) is 85.8. The Bertz CT molecular complexity index is 7130. The van der Waals surface area contributed by atoms with Crippen LogP contribution in [0.15, 0.2) is 187 Å². The minimum Gasteiger partial charge on any atom is -0.442 e. The van der Waals surface area contributed by atoms with Gasteiger partial charge in [0.1, 0.15) is 38.9 Å². The number of anilines is 5. The first-order chi connectivity index (χ1) is 63.0. The maximum atomic E-state index is 6.84. The number of benzene rings is 5. The molecule has 5 aromatic carbocycles. The first-order valence-electron chi connectivity index (χ1n) is 50.2. The summed E-state index contributed by atoms with van der Waals surface area (Å²) in [5.41, 5.74) is 29.6. The lowest BCUT2D eigenvalue weighted by Crippen LogP contribution is -2.62. The molecular weight excluding hydrogens is 1640 g/mol. The fourth-order valence-corrected chi connectivity index (χ4v) is 32.0. The predicted octanol–water partition coefficient (Wildman–Crippen LogP) is 30.4. The van der Waals surface area contributed by atoms with Crippen molar-refractivity contribution in [3.63, 3.8) is 0 Å². The number of aromatic nitrogens is 5. The van der Waals surface area contributed by atoms with Gasteiger partial charge in [-0.3, -0.25) is 0 Å². The summed E-state index contributed by atoms with van der Waals surface area (Å²) in [7, 11) is 10.6. The van der Waals surface area contributed by atoms with Crippen LogP contribution >= 0.6 is 11.3 Å². The fraction of sp³-hybridized carbons (Fsp3) is 0.487. The summed E-state index contributed by atoms with van der Waals surface area (Å²) >= 11 is 1.87. The van der Waals surface area contributed by atoms with Crippen LogP contribution in [0.2, 0.25) is 0 Å². The van der Waals surface area contributed by atoms with E-state index in [1.54, 1.807) is 0 Å². The van der Waals surface area contributed by atoms with Gasteiger partial charge in [0.05, 0.1) is 52.5 Å². The Balaban J connectivity index is 0.0000000937. The van der Waals surface area contributed by atoms with Gasteiger partial charge < -0.3 is 65.0 Å². The highest BCUT2D eigenvalue weighted by Crippen LogP contribution is 2.74. The molecule has 0 N–H and O–H groups in total. The molecule has 10 aromatic heterocycles. The summed E-state index contributed by atoms with van der Waals surface area (Å²) in [6.45, 7) is 47.5. The van der Waals surface area contributed by atoms with Crippen LogP contribution in [0.4, 0.5) is 28.4 Å². The summed E-state index contributed by atoms with van der Waals surface area (Å²) in [5, 5.41) is 8.88. The molecule has 7 aliphatic heterocycles. The molecule has 6 saturated carbocycles. The summed E-state index contributed by atoms with van der Waals surface area (Å²) < 4.78 is 37.5. The molecule has 4 bridgehead atoms. The van der Waals surface area contributed by atoms with E-state index in [0.29, 0.717) is 24.2 Å². The number of aryl methyl sites for hydroxylation is 10. The molecule has 17 heterocycles. The highest BCUT2D eigenvalue weighted by molar-refractivity contribution is 7.16. The Morgan fingerprint density at radius 3 is 1.10 bits per heavy atom. The Morgan fingerprint density at radius 1 is 0.326 bits per heavy atom. The van der Waals surface area contributed by atoms with E-state index < -0.39 is 0 Å². The van der Waals surface area contributed by atoms with Gasteiger partial charge >= 0.3 is 0 Å². The van der Waals surface area contributed by atoms with Crippen molar-refractivity contribution in [3.8, 4) is 0 Å². The van der Waals surface area contributed by atoms with E-state index in [4.69, 9.17) is 17.7 Å². The average molecular weight is 1780 g/mol. The predicted molar refractivity (Wildman–Crippen MR) is 544 cm³/mol.